The van der Waals surface area contributed by atoms with Crippen molar-refractivity contribution < 1.29 is 18.0 Å². The van der Waals surface area contributed by atoms with Gasteiger partial charge in [0.2, 0.25) is 0 Å². The van der Waals surface area contributed by atoms with Crippen molar-refractivity contribution >= 4 is 16.9 Å². The van der Waals surface area contributed by atoms with Crippen molar-refractivity contribution in [1.82, 2.24) is 25.1 Å². The van der Waals surface area contributed by atoms with Gasteiger partial charge in [0.25, 0.3) is 5.91 Å². The van der Waals surface area contributed by atoms with E-state index in [1.54, 1.807) is 6.20 Å². The van der Waals surface area contributed by atoms with Crippen LogP contribution in [0, 0.1) is 0 Å². The number of hydrogen-bond acceptors (Lipinski definition) is 3. The summed E-state index contributed by atoms with van der Waals surface area (Å²) in [4.78, 5) is 19.0. The molecule has 0 aliphatic heterocycles. The standard InChI is InChI=1S/C15H14F3N5O/c1-23-13-11(12(22-23)15(16,17)18)7-9(8-21-13)14(24)20-6-4-10-3-2-5-19-10/h2-3,5,7-8,19H,4,6H2,1H3,(H,20,24). The van der Waals surface area contributed by atoms with E-state index in [-0.39, 0.29) is 16.6 Å². The van der Waals surface area contributed by atoms with Crippen LogP contribution in [0.3, 0.4) is 0 Å². The molecule has 6 nitrogen and oxygen atoms in total. The van der Waals surface area contributed by atoms with E-state index < -0.39 is 17.8 Å². The summed E-state index contributed by atoms with van der Waals surface area (Å²) in [5, 5.41) is 5.92. The molecule has 3 rings (SSSR count). The predicted molar refractivity (Wildman–Crippen MR) is 80.3 cm³/mol. The molecule has 126 valence electrons. The van der Waals surface area contributed by atoms with Crippen molar-refractivity contribution in [1.29, 1.82) is 0 Å². The van der Waals surface area contributed by atoms with Crippen LogP contribution in [-0.4, -0.2) is 32.2 Å². The Balaban J connectivity index is 1.80. The lowest BCUT2D eigenvalue weighted by atomic mass is 10.2. The number of amides is 1. The first-order valence-corrected chi connectivity index (χ1v) is 7.16. The molecule has 0 saturated heterocycles. The quantitative estimate of drug-likeness (QED) is 0.767. The van der Waals surface area contributed by atoms with Gasteiger partial charge in [0.05, 0.1) is 10.9 Å². The minimum absolute atomic E-state index is 0.0625. The Morgan fingerprint density at radius 2 is 2.21 bits per heavy atom. The zero-order valence-corrected chi connectivity index (χ0v) is 12.7. The van der Waals surface area contributed by atoms with Crippen LogP contribution in [-0.2, 0) is 19.6 Å². The van der Waals surface area contributed by atoms with Crippen molar-refractivity contribution in [2.45, 2.75) is 12.6 Å². The number of aromatic amines is 1. The molecule has 2 N–H and O–H groups in total. The molecule has 0 atom stereocenters. The largest absolute Gasteiger partial charge is 0.435 e. The van der Waals surface area contributed by atoms with Crippen molar-refractivity contribution in [2.24, 2.45) is 7.05 Å². The number of nitrogens with zero attached hydrogens (tertiary/aromatic N) is 3. The van der Waals surface area contributed by atoms with E-state index >= 15 is 0 Å². The van der Waals surface area contributed by atoms with Gasteiger partial charge in [-0.3, -0.25) is 4.79 Å². The summed E-state index contributed by atoms with van der Waals surface area (Å²) < 4.78 is 40.1. The summed E-state index contributed by atoms with van der Waals surface area (Å²) in [5.41, 5.74) is 0.0433. The minimum Gasteiger partial charge on any atom is -0.365 e. The highest BCUT2D eigenvalue weighted by Crippen LogP contribution is 2.33. The third kappa shape index (κ3) is 3.10. The van der Waals surface area contributed by atoms with E-state index in [2.05, 4.69) is 20.4 Å². The third-order valence-corrected chi connectivity index (χ3v) is 3.55. The molecule has 0 aromatic carbocycles. The highest BCUT2D eigenvalue weighted by Gasteiger charge is 2.37. The lowest BCUT2D eigenvalue weighted by Gasteiger charge is -2.05. The summed E-state index contributed by atoms with van der Waals surface area (Å²) in [6.45, 7) is 0.358. The third-order valence-electron chi connectivity index (χ3n) is 3.55. The average Bonchev–Trinajstić information content (AvgIpc) is 3.14. The number of carbonyl (C=O) groups is 1. The summed E-state index contributed by atoms with van der Waals surface area (Å²) >= 11 is 0. The molecule has 0 aliphatic rings. The Morgan fingerprint density at radius 3 is 2.88 bits per heavy atom. The van der Waals surface area contributed by atoms with Gasteiger partial charge >= 0.3 is 6.18 Å². The number of H-pyrrole nitrogens is 1. The maximum Gasteiger partial charge on any atom is 0.435 e. The van der Waals surface area contributed by atoms with Gasteiger partial charge in [0.1, 0.15) is 0 Å². The number of carbonyl (C=O) groups excluding carboxylic acids is 1. The molecule has 0 spiro atoms. The molecule has 0 aliphatic carbocycles. The number of aromatic nitrogens is 4. The van der Waals surface area contributed by atoms with Crippen LogP contribution in [0.4, 0.5) is 13.2 Å². The van der Waals surface area contributed by atoms with Crippen molar-refractivity contribution in [3.05, 3.63) is 47.5 Å². The van der Waals surface area contributed by atoms with Crippen LogP contribution in [0.1, 0.15) is 21.7 Å². The van der Waals surface area contributed by atoms with Gasteiger partial charge in [0, 0.05) is 38.1 Å². The second-order valence-electron chi connectivity index (χ2n) is 5.27. The molecule has 0 saturated carbocycles. The summed E-state index contributed by atoms with van der Waals surface area (Å²) in [7, 11) is 1.38. The summed E-state index contributed by atoms with van der Waals surface area (Å²) in [6.07, 6.45) is -0.997. The van der Waals surface area contributed by atoms with Gasteiger partial charge in [-0.25, -0.2) is 9.67 Å². The molecule has 1 amide bonds. The highest BCUT2D eigenvalue weighted by molar-refractivity contribution is 5.97. The molecule has 3 aromatic rings. The van der Waals surface area contributed by atoms with E-state index in [9.17, 15) is 18.0 Å². The van der Waals surface area contributed by atoms with E-state index in [0.29, 0.717) is 13.0 Å². The zero-order chi connectivity index (χ0) is 17.3. The Labute approximate surface area is 134 Å². The first-order valence-electron chi connectivity index (χ1n) is 7.16. The van der Waals surface area contributed by atoms with Crippen molar-refractivity contribution in [3.63, 3.8) is 0 Å². The first-order chi connectivity index (χ1) is 11.4. The van der Waals surface area contributed by atoms with Crippen LogP contribution < -0.4 is 5.32 Å². The number of pyridine rings is 1. The lowest BCUT2D eigenvalue weighted by molar-refractivity contribution is -0.140. The van der Waals surface area contributed by atoms with Crippen LogP contribution in [0.5, 0.6) is 0 Å². The minimum atomic E-state index is -4.61. The molecular formula is C15H14F3N5O. The van der Waals surface area contributed by atoms with Crippen molar-refractivity contribution in [3.8, 4) is 0 Å². The monoisotopic (exact) mass is 337 g/mol. The van der Waals surface area contributed by atoms with Crippen LogP contribution in [0.2, 0.25) is 0 Å². The summed E-state index contributed by atoms with van der Waals surface area (Å²) in [5.74, 6) is -0.479. The normalized spacial score (nSPS) is 11.8. The van der Waals surface area contributed by atoms with Gasteiger partial charge in [0.15, 0.2) is 11.3 Å². The van der Waals surface area contributed by atoms with Gasteiger partial charge in [-0.1, -0.05) is 0 Å². The van der Waals surface area contributed by atoms with Gasteiger partial charge in [-0.15, -0.1) is 0 Å². The fourth-order valence-electron chi connectivity index (χ4n) is 2.41. The number of rotatable bonds is 4. The Hall–Kier alpha value is -2.84. The molecule has 9 heteroatoms. The molecule has 0 bridgehead atoms. The fraction of sp³-hybridized carbons (Fsp3) is 0.267. The van der Waals surface area contributed by atoms with Crippen LogP contribution in [0.25, 0.3) is 11.0 Å². The molecule has 0 radical (unpaired) electrons. The van der Waals surface area contributed by atoms with Crippen molar-refractivity contribution in [2.75, 3.05) is 6.54 Å². The predicted octanol–water partition coefficient (Wildman–Crippen LogP) is 2.29. The number of fused-ring (bicyclic) bond motifs is 1. The molecule has 0 fully saturated rings. The van der Waals surface area contributed by atoms with E-state index in [0.717, 1.165) is 10.4 Å². The lowest BCUT2D eigenvalue weighted by Crippen LogP contribution is -2.25. The number of hydrogen-bond donors (Lipinski definition) is 2. The average molecular weight is 337 g/mol. The van der Waals surface area contributed by atoms with Gasteiger partial charge < -0.3 is 10.3 Å². The fourth-order valence-corrected chi connectivity index (χ4v) is 2.41. The topological polar surface area (TPSA) is 75.6 Å². The number of aryl methyl sites for hydroxylation is 1. The SMILES string of the molecule is Cn1nc(C(F)(F)F)c2cc(C(=O)NCCc3ccc[nH]3)cnc21. The Bertz CT molecular complexity index is 867. The molecule has 0 unspecified atom stereocenters. The van der Waals surface area contributed by atoms with Crippen LogP contribution >= 0.6 is 0 Å². The van der Waals surface area contributed by atoms with Gasteiger partial charge in [-0.2, -0.15) is 18.3 Å². The van der Waals surface area contributed by atoms with Crippen LogP contribution in [0.15, 0.2) is 30.6 Å². The number of halogens is 3. The maximum atomic E-state index is 13.0. The summed E-state index contributed by atoms with van der Waals surface area (Å²) in [6, 6.07) is 4.89. The molecule has 3 aromatic heterocycles. The molecule has 3 heterocycles. The van der Waals surface area contributed by atoms with E-state index in [1.165, 1.54) is 19.3 Å². The first kappa shape index (κ1) is 16.0. The van der Waals surface area contributed by atoms with E-state index in [1.807, 2.05) is 12.1 Å². The maximum absolute atomic E-state index is 13.0. The Morgan fingerprint density at radius 1 is 1.42 bits per heavy atom. The molecular weight excluding hydrogens is 323 g/mol. The highest BCUT2D eigenvalue weighted by atomic mass is 19.4. The number of nitrogens with one attached hydrogen (secondary N) is 2. The number of alkyl halides is 3. The molecule has 24 heavy (non-hydrogen) atoms. The second-order valence-corrected chi connectivity index (χ2v) is 5.27. The van der Waals surface area contributed by atoms with E-state index in [4.69, 9.17) is 0 Å². The zero-order valence-electron chi connectivity index (χ0n) is 12.7. The smallest absolute Gasteiger partial charge is 0.365 e. The van der Waals surface area contributed by atoms with Gasteiger partial charge in [-0.05, 0) is 18.2 Å². The second kappa shape index (κ2) is 5.99. The Kier molecular flexibility index (Phi) is 4.00.